The van der Waals surface area contributed by atoms with Crippen molar-refractivity contribution in [2.24, 2.45) is 0 Å². The van der Waals surface area contributed by atoms with Crippen molar-refractivity contribution in [1.82, 2.24) is 15.5 Å². The molecule has 7 heteroatoms. The first-order valence-electron chi connectivity index (χ1n) is 6.90. The quantitative estimate of drug-likeness (QED) is 0.648. The molecule has 0 radical (unpaired) electrons. The van der Waals surface area contributed by atoms with Crippen molar-refractivity contribution >= 4 is 5.91 Å². The zero-order valence-electron chi connectivity index (χ0n) is 12.1. The van der Waals surface area contributed by atoms with Gasteiger partial charge in [-0.2, -0.15) is 4.98 Å². The summed E-state index contributed by atoms with van der Waals surface area (Å²) in [5, 5.41) is 16.0. The van der Waals surface area contributed by atoms with Crippen LogP contribution in [-0.2, 0) is 22.4 Å². The summed E-state index contributed by atoms with van der Waals surface area (Å²) in [4.78, 5) is 15.8. The molecule has 1 amide bonds. The average Bonchev–Trinajstić information content (AvgIpc) is 2.85. The number of aliphatic hydroxyl groups excluding tert-OH is 1. The summed E-state index contributed by atoms with van der Waals surface area (Å²) in [5.74, 6) is 1.08. The fourth-order valence-corrected chi connectivity index (χ4v) is 1.68. The summed E-state index contributed by atoms with van der Waals surface area (Å²) in [7, 11) is 1.53. The molecule has 114 valence electrons. The van der Waals surface area contributed by atoms with Gasteiger partial charge >= 0.3 is 0 Å². The molecule has 7 nitrogen and oxygen atoms in total. The van der Waals surface area contributed by atoms with Gasteiger partial charge in [-0.3, -0.25) is 4.79 Å². The molecule has 1 aromatic rings. The lowest BCUT2D eigenvalue weighted by atomic mass is 10.2. The summed E-state index contributed by atoms with van der Waals surface area (Å²) in [6, 6.07) is 0. The van der Waals surface area contributed by atoms with Gasteiger partial charge in [0.1, 0.15) is 0 Å². The van der Waals surface area contributed by atoms with Crippen LogP contribution in [0, 0.1) is 0 Å². The molecule has 1 rings (SSSR count). The lowest BCUT2D eigenvalue weighted by molar-refractivity contribution is -0.121. The van der Waals surface area contributed by atoms with Crippen molar-refractivity contribution < 1.29 is 19.2 Å². The van der Waals surface area contributed by atoms with E-state index in [9.17, 15) is 9.90 Å². The van der Waals surface area contributed by atoms with Gasteiger partial charge in [0.2, 0.25) is 11.8 Å². The van der Waals surface area contributed by atoms with Crippen LogP contribution < -0.4 is 5.32 Å². The second-order valence-electron chi connectivity index (χ2n) is 4.60. The Balaban J connectivity index is 2.15. The minimum atomic E-state index is -0.548. The number of rotatable bonds is 10. The lowest BCUT2D eigenvalue weighted by Gasteiger charge is -2.09. The van der Waals surface area contributed by atoms with E-state index in [4.69, 9.17) is 9.26 Å². The van der Waals surface area contributed by atoms with Crippen molar-refractivity contribution in [3.63, 3.8) is 0 Å². The fourth-order valence-electron chi connectivity index (χ4n) is 1.68. The predicted octanol–water partition coefficient (Wildman–Crippen LogP) is 0.468. The summed E-state index contributed by atoms with van der Waals surface area (Å²) in [6.45, 7) is 2.74. The molecule has 0 aliphatic rings. The molecule has 1 atom stereocenters. The largest absolute Gasteiger partial charge is 0.391 e. The van der Waals surface area contributed by atoms with Crippen molar-refractivity contribution in [3.05, 3.63) is 11.7 Å². The minimum absolute atomic E-state index is 0.0927. The summed E-state index contributed by atoms with van der Waals surface area (Å²) in [5.41, 5.74) is 0. The number of aryl methyl sites for hydroxylation is 2. The molecule has 1 aromatic heterocycles. The molecular weight excluding hydrogens is 262 g/mol. The van der Waals surface area contributed by atoms with Crippen molar-refractivity contribution in [1.29, 1.82) is 0 Å². The van der Waals surface area contributed by atoms with Crippen LogP contribution in [0.15, 0.2) is 4.52 Å². The number of hydrogen-bond donors (Lipinski definition) is 2. The molecule has 0 saturated heterocycles. The van der Waals surface area contributed by atoms with Gasteiger partial charge in [0.15, 0.2) is 5.82 Å². The van der Waals surface area contributed by atoms with Gasteiger partial charge in [-0.25, -0.2) is 0 Å². The van der Waals surface area contributed by atoms with Gasteiger partial charge in [-0.15, -0.1) is 0 Å². The normalized spacial score (nSPS) is 12.3. The number of nitrogens with one attached hydrogen (secondary N) is 1. The van der Waals surface area contributed by atoms with Crippen LogP contribution in [0.2, 0.25) is 0 Å². The summed E-state index contributed by atoms with van der Waals surface area (Å²) < 4.78 is 9.84. The van der Waals surface area contributed by atoms with Crippen LogP contribution in [0.25, 0.3) is 0 Å². The van der Waals surface area contributed by atoms with Gasteiger partial charge in [-0.1, -0.05) is 12.1 Å². The number of nitrogens with zero attached hydrogens (tertiary/aromatic N) is 2. The highest BCUT2D eigenvalue weighted by Crippen LogP contribution is 2.03. The highest BCUT2D eigenvalue weighted by Gasteiger charge is 2.09. The van der Waals surface area contributed by atoms with E-state index in [-0.39, 0.29) is 12.5 Å². The topological polar surface area (TPSA) is 97.5 Å². The van der Waals surface area contributed by atoms with E-state index in [1.165, 1.54) is 7.11 Å². The van der Waals surface area contributed by atoms with E-state index in [1.807, 2.05) is 6.92 Å². The van der Waals surface area contributed by atoms with E-state index in [0.29, 0.717) is 37.5 Å². The maximum absolute atomic E-state index is 11.6. The Kier molecular flexibility index (Phi) is 7.82. The predicted molar refractivity (Wildman–Crippen MR) is 72.1 cm³/mol. The van der Waals surface area contributed by atoms with Crippen molar-refractivity contribution in [2.75, 3.05) is 20.3 Å². The molecule has 0 spiro atoms. The van der Waals surface area contributed by atoms with Crippen LogP contribution in [0.5, 0.6) is 0 Å². The second-order valence-corrected chi connectivity index (χ2v) is 4.60. The molecule has 2 N–H and O–H groups in total. The van der Waals surface area contributed by atoms with Crippen molar-refractivity contribution in [3.8, 4) is 0 Å². The Morgan fingerprint density at radius 2 is 2.30 bits per heavy atom. The first-order chi connectivity index (χ1) is 9.65. The summed E-state index contributed by atoms with van der Waals surface area (Å²) >= 11 is 0. The van der Waals surface area contributed by atoms with Gasteiger partial charge < -0.3 is 19.7 Å². The zero-order chi connectivity index (χ0) is 14.8. The Bertz CT molecular complexity index is 395. The van der Waals surface area contributed by atoms with Gasteiger partial charge in [-0.05, 0) is 12.8 Å². The van der Waals surface area contributed by atoms with Crippen LogP contribution in [0.3, 0.4) is 0 Å². The SMILES string of the molecule is CCCc1noc(CCC(=O)NCCC(O)COC)n1. The highest BCUT2D eigenvalue weighted by molar-refractivity contribution is 5.75. The van der Waals surface area contributed by atoms with E-state index >= 15 is 0 Å². The third-order valence-electron chi connectivity index (χ3n) is 2.71. The van der Waals surface area contributed by atoms with E-state index < -0.39 is 6.10 Å². The van der Waals surface area contributed by atoms with Gasteiger partial charge in [0.25, 0.3) is 0 Å². The number of ether oxygens (including phenoxy) is 1. The average molecular weight is 285 g/mol. The third-order valence-corrected chi connectivity index (χ3v) is 2.71. The molecule has 0 aromatic carbocycles. The standard InChI is InChI=1S/C13H23N3O4/c1-3-4-11-15-13(20-16-11)6-5-12(18)14-8-7-10(17)9-19-2/h10,17H,3-9H2,1-2H3,(H,14,18). The monoisotopic (exact) mass is 285 g/mol. The van der Waals surface area contributed by atoms with Crippen LogP contribution in [0.4, 0.5) is 0 Å². The Morgan fingerprint density at radius 1 is 1.50 bits per heavy atom. The molecule has 0 aliphatic carbocycles. The Labute approximate surface area is 118 Å². The molecule has 0 saturated carbocycles. The summed E-state index contributed by atoms with van der Waals surface area (Å²) in [6.07, 6.45) is 2.40. The van der Waals surface area contributed by atoms with Gasteiger partial charge in [0.05, 0.1) is 12.7 Å². The Hall–Kier alpha value is -1.47. The number of hydrogen-bond acceptors (Lipinski definition) is 6. The molecular formula is C13H23N3O4. The smallest absolute Gasteiger partial charge is 0.227 e. The van der Waals surface area contributed by atoms with Crippen molar-refractivity contribution in [2.45, 2.75) is 45.1 Å². The number of aromatic nitrogens is 2. The third kappa shape index (κ3) is 6.63. The highest BCUT2D eigenvalue weighted by atomic mass is 16.5. The van der Waals surface area contributed by atoms with Crippen LogP contribution in [-0.4, -0.2) is 47.5 Å². The number of aliphatic hydroxyl groups is 1. The second kappa shape index (κ2) is 9.44. The number of amides is 1. The fraction of sp³-hybridized carbons (Fsp3) is 0.769. The zero-order valence-corrected chi connectivity index (χ0v) is 12.1. The van der Waals surface area contributed by atoms with E-state index in [2.05, 4.69) is 15.5 Å². The molecule has 0 aliphatic heterocycles. The van der Waals surface area contributed by atoms with Crippen LogP contribution >= 0.6 is 0 Å². The molecule has 20 heavy (non-hydrogen) atoms. The molecule has 1 unspecified atom stereocenters. The van der Waals surface area contributed by atoms with E-state index in [0.717, 1.165) is 12.8 Å². The molecule has 1 heterocycles. The van der Waals surface area contributed by atoms with E-state index in [1.54, 1.807) is 0 Å². The minimum Gasteiger partial charge on any atom is -0.391 e. The lowest BCUT2D eigenvalue weighted by Crippen LogP contribution is -2.28. The maximum Gasteiger partial charge on any atom is 0.227 e. The number of carbonyl (C=O) groups is 1. The Morgan fingerprint density at radius 3 is 3.00 bits per heavy atom. The maximum atomic E-state index is 11.6. The van der Waals surface area contributed by atoms with Gasteiger partial charge in [0, 0.05) is 32.9 Å². The number of methoxy groups -OCH3 is 1. The first kappa shape index (κ1) is 16.6. The number of carbonyl (C=O) groups excluding carboxylic acids is 1. The molecule has 0 bridgehead atoms. The molecule has 0 fully saturated rings. The van der Waals surface area contributed by atoms with Crippen LogP contribution in [0.1, 0.15) is 37.9 Å². The first-order valence-corrected chi connectivity index (χ1v) is 6.90.